The van der Waals surface area contributed by atoms with Crippen molar-refractivity contribution >= 4 is 17.4 Å². The number of hydrogen-bond donors (Lipinski definition) is 2. The molecule has 2 aromatic heterocycles. The Balaban J connectivity index is 2.29. The van der Waals surface area contributed by atoms with E-state index in [-0.39, 0.29) is 6.61 Å². The van der Waals surface area contributed by atoms with Crippen LogP contribution in [0.1, 0.15) is 26.3 Å². The topological polar surface area (TPSA) is 88.8 Å². The van der Waals surface area contributed by atoms with Crippen molar-refractivity contribution < 1.29 is 14.6 Å². The maximum Gasteiger partial charge on any atom is 0.412 e. The zero-order valence-corrected chi connectivity index (χ0v) is 11.0. The van der Waals surface area contributed by atoms with Gasteiger partial charge in [-0.05, 0) is 32.4 Å². The van der Waals surface area contributed by atoms with Crippen LogP contribution in [0.5, 0.6) is 0 Å². The van der Waals surface area contributed by atoms with E-state index in [4.69, 9.17) is 4.74 Å². The molecule has 0 fully saturated rings. The fraction of sp³-hybridized carbons (Fsp3) is 0.417. The number of aromatic nitrogens is 3. The fourth-order valence-electron chi connectivity index (χ4n) is 1.57. The average molecular weight is 264 g/mol. The monoisotopic (exact) mass is 264 g/mol. The lowest BCUT2D eigenvalue weighted by atomic mass is 10.2. The predicted molar refractivity (Wildman–Crippen MR) is 68.8 cm³/mol. The number of nitrogens with zero attached hydrogens (tertiary/aromatic N) is 3. The van der Waals surface area contributed by atoms with Crippen LogP contribution in [0.25, 0.3) is 5.65 Å². The van der Waals surface area contributed by atoms with Crippen molar-refractivity contribution in [3.63, 3.8) is 0 Å². The van der Waals surface area contributed by atoms with E-state index >= 15 is 0 Å². The Morgan fingerprint density at radius 2 is 2.26 bits per heavy atom. The number of fused-ring (bicyclic) bond motifs is 1. The number of rotatable bonds is 2. The third kappa shape index (κ3) is 3.19. The minimum Gasteiger partial charge on any atom is -0.444 e. The van der Waals surface area contributed by atoms with Gasteiger partial charge in [0.15, 0.2) is 5.65 Å². The summed E-state index contributed by atoms with van der Waals surface area (Å²) in [4.78, 5) is 15.8. The van der Waals surface area contributed by atoms with Crippen LogP contribution < -0.4 is 5.32 Å². The second kappa shape index (κ2) is 4.85. The number of carbonyl (C=O) groups is 1. The molecule has 19 heavy (non-hydrogen) atoms. The molecule has 2 aromatic rings. The fourth-order valence-corrected chi connectivity index (χ4v) is 1.57. The van der Waals surface area contributed by atoms with Gasteiger partial charge < -0.3 is 9.84 Å². The van der Waals surface area contributed by atoms with Gasteiger partial charge in [-0.1, -0.05) is 0 Å². The molecule has 0 spiro atoms. The van der Waals surface area contributed by atoms with E-state index in [1.54, 1.807) is 33.0 Å². The molecule has 0 aliphatic carbocycles. The summed E-state index contributed by atoms with van der Waals surface area (Å²) in [7, 11) is 0. The summed E-state index contributed by atoms with van der Waals surface area (Å²) in [6.07, 6.45) is 2.44. The van der Waals surface area contributed by atoms with Crippen molar-refractivity contribution in [1.29, 1.82) is 0 Å². The lowest BCUT2D eigenvalue weighted by molar-refractivity contribution is 0.0636. The molecule has 0 unspecified atom stereocenters. The summed E-state index contributed by atoms with van der Waals surface area (Å²) in [5.74, 6) is 0. The van der Waals surface area contributed by atoms with Gasteiger partial charge in [0.05, 0.1) is 12.3 Å². The summed E-state index contributed by atoms with van der Waals surface area (Å²) in [5, 5.41) is 15.8. The van der Waals surface area contributed by atoms with Gasteiger partial charge in [-0.25, -0.2) is 14.3 Å². The number of carbonyl (C=O) groups excluding carboxylic acids is 1. The highest BCUT2D eigenvalue weighted by molar-refractivity contribution is 5.89. The van der Waals surface area contributed by atoms with Crippen molar-refractivity contribution in [2.75, 3.05) is 5.32 Å². The molecule has 0 aromatic carbocycles. The van der Waals surface area contributed by atoms with Crippen LogP contribution in [-0.4, -0.2) is 31.4 Å². The summed E-state index contributed by atoms with van der Waals surface area (Å²) >= 11 is 0. The van der Waals surface area contributed by atoms with Crippen molar-refractivity contribution in [2.24, 2.45) is 0 Å². The molecule has 0 saturated heterocycles. The maximum absolute atomic E-state index is 11.7. The van der Waals surface area contributed by atoms with Crippen molar-refractivity contribution in [3.05, 3.63) is 24.2 Å². The minimum atomic E-state index is -0.581. The van der Waals surface area contributed by atoms with Gasteiger partial charge in [-0.3, -0.25) is 5.32 Å². The summed E-state index contributed by atoms with van der Waals surface area (Å²) in [6, 6.07) is 1.63. The molecular weight excluding hydrogens is 248 g/mol. The van der Waals surface area contributed by atoms with Gasteiger partial charge in [0.25, 0.3) is 0 Å². The number of anilines is 1. The summed E-state index contributed by atoms with van der Waals surface area (Å²) < 4.78 is 6.66. The molecule has 0 radical (unpaired) electrons. The number of aliphatic hydroxyl groups is 1. The largest absolute Gasteiger partial charge is 0.444 e. The number of hydrogen-bond acceptors (Lipinski definition) is 5. The Hall–Kier alpha value is -2.15. The Labute approximate surface area is 110 Å². The second-order valence-electron chi connectivity index (χ2n) is 5.08. The van der Waals surface area contributed by atoms with Crippen LogP contribution in [0.3, 0.4) is 0 Å². The molecule has 0 bridgehead atoms. The standard InChI is InChI=1S/C12H16N4O3/c1-12(2,3)19-11(18)15-9-4-8(6-17)5-16-10(9)13-7-14-16/h4-5,7,17H,6H2,1-3H3,(H,15,18). The smallest absolute Gasteiger partial charge is 0.412 e. The Kier molecular flexibility index (Phi) is 3.39. The van der Waals surface area contributed by atoms with Crippen LogP contribution in [0.15, 0.2) is 18.6 Å². The van der Waals surface area contributed by atoms with Gasteiger partial charge in [0.1, 0.15) is 11.9 Å². The number of pyridine rings is 1. The van der Waals surface area contributed by atoms with E-state index in [0.29, 0.717) is 16.9 Å². The molecule has 0 atom stereocenters. The van der Waals surface area contributed by atoms with Crippen molar-refractivity contribution in [1.82, 2.24) is 14.6 Å². The molecule has 7 heteroatoms. The number of ether oxygens (including phenoxy) is 1. The lowest BCUT2D eigenvalue weighted by Gasteiger charge is -2.19. The highest BCUT2D eigenvalue weighted by atomic mass is 16.6. The van der Waals surface area contributed by atoms with E-state index in [1.807, 2.05) is 0 Å². The number of aliphatic hydroxyl groups excluding tert-OH is 1. The molecule has 102 valence electrons. The Morgan fingerprint density at radius 3 is 2.89 bits per heavy atom. The Morgan fingerprint density at radius 1 is 1.53 bits per heavy atom. The summed E-state index contributed by atoms with van der Waals surface area (Å²) in [6.45, 7) is 5.19. The molecule has 7 nitrogen and oxygen atoms in total. The SMILES string of the molecule is CC(C)(C)OC(=O)Nc1cc(CO)cn2ncnc12. The van der Waals surface area contributed by atoms with Crippen LogP contribution in [-0.2, 0) is 11.3 Å². The van der Waals surface area contributed by atoms with Gasteiger partial charge >= 0.3 is 6.09 Å². The zero-order valence-electron chi connectivity index (χ0n) is 11.0. The van der Waals surface area contributed by atoms with Crippen LogP contribution in [0.4, 0.5) is 10.5 Å². The van der Waals surface area contributed by atoms with Gasteiger partial charge in [0.2, 0.25) is 0 Å². The maximum atomic E-state index is 11.7. The average Bonchev–Trinajstić information content (AvgIpc) is 2.74. The number of nitrogens with one attached hydrogen (secondary N) is 1. The molecule has 2 heterocycles. The second-order valence-corrected chi connectivity index (χ2v) is 5.08. The van der Waals surface area contributed by atoms with Crippen LogP contribution >= 0.6 is 0 Å². The molecular formula is C12H16N4O3. The first kappa shape index (κ1) is 13.3. The Bertz CT molecular complexity index is 601. The highest BCUT2D eigenvalue weighted by Gasteiger charge is 2.17. The molecule has 0 aliphatic heterocycles. The molecule has 1 amide bonds. The van der Waals surface area contributed by atoms with Crippen LogP contribution in [0.2, 0.25) is 0 Å². The highest BCUT2D eigenvalue weighted by Crippen LogP contribution is 2.18. The minimum absolute atomic E-state index is 0.154. The first-order chi connectivity index (χ1) is 8.89. The number of amides is 1. The van der Waals surface area contributed by atoms with Crippen molar-refractivity contribution in [2.45, 2.75) is 33.0 Å². The van der Waals surface area contributed by atoms with Gasteiger partial charge in [0, 0.05) is 6.20 Å². The first-order valence-electron chi connectivity index (χ1n) is 5.82. The third-order valence-electron chi connectivity index (χ3n) is 2.25. The van der Waals surface area contributed by atoms with E-state index in [0.717, 1.165) is 0 Å². The molecule has 2 rings (SSSR count). The van der Waals surface area contributed by atoms with E-state index in [1.165, 1.54) is 10.8 Å². The lowest BCUT2D eigenvalue weighted by Crippen LogP contribution is -2.27. The third-order valence-corrected chi connectivity index (χ3v) is 2.25. The van der Waals surface area contributed by atoms with Crippen LogP contribution in [0, 0.1) is 0 Å². The van der Waals surface area contributed by atoms with E-state index < -0.39 is 11.7 Å². The normalized spacial score (nSPS) is 11.6. The van der Waals surface area contributed by atoms with E-state index in [9.17, 15) is 9.90 Å². The first-order valence-corrected chi connectivity index (χ1v) is 5.82. The van der Waals surface area contributed by atoms with Gasteiger partial charge in [-0.2, -0.15) is 5.10 Å². The summed E-state index contributed by atoms with van der Waals surface area (Å²) in [5.41, 5.74) is 0.966. The van der Waals surface area contributed by atoms with E-state index in [2.05, 4.69) is 15.4 Å². The quantitative estimate of drug-likeness (QED) is 0.859. The molecule has 0 aliphatic rings. The zero-order chi connectivity index (χ0) is 14.0. The molecule has 2 N–H and O–H groups in total. The predicted octanol–water partition coefficient (Wildman–Crippen LogP) is 1.57. The molecule has 0 saturated carbocycles. The van der Waals surface area contributed by atoms with Crippen molar-refractivity contribution in [3.8, 4) is 0 Å². The van der Waals surface area contributed by atoms with Gasteiger partial charge in [-0.15, -0.1) is 0 Å².